The normalized spacial score (nSPS) is 13.2. The average Bonchev–Trinajstić information content (AvgIpc) is 3.06. The topological polar surface area (TPSA) is 66.5 Å². The molecule has 0 spiro atoms. The Hall–Kier alpha value is -1.41. The van der Waals surface area contributed by atoms with Crippen LogP contribution in [0.15, 0.2) is 40.6 Å². The zero-order valence-corrected chi connectivity index (χ0v) is 16.9. The SMILES string of the molecule is CC(C)[C@@H](NC(=O)c1cc(S(=O)(=O)N(C)C)ccc1Cl)c1cccs1. The lowest BCUT2D eigenvalue weighted by atomic mass is 10.0. The van der Waals surface area contributed by atoms with Crippen molar-refractivity contribution < 1.29 is 13.2 Å². The molecule has 25 heavy (non-hydrogen) atoms. The minimum atomic E-state index is -3.64. The second-order valence-corrected chi connectivity index (χ2v) is 9.68. The molecule has 8 heteroatoms. The number of sulfonamides is 1. The summed E-state index contributed by atoms with van der Waals surface area (Å²) in [6.07, 6.45) is 0. The Morgan fingerprint density at radius 3 is 2.44 bits per heavy atom. The lowest BCUT2D eigenvalue weighted by Gasteiger charge is -2.22. The molecule has 0 aliphatic heterocycles. The van der Waals surface area contributed by atoms with Gasteiger partial charge in [0.25, 0.3) is 5.91 Å². The largest absolute Gasteiger partial charge is 0.344 e. The smallest absolute Gasteiger partial charge is 0.253 e. The number of amides is 1. The zero-order chi connectivity index (χ0) is 18.8. The Kier molecular flexibility index (Phi) is 6.26. The van der Waals surface area contributed by atoms with Gasteiger partial charge in [-0.25, -0.2) is 12.7 Å². The second kappa shape index (κ2) is 7.86. The molecule has 1 aromatic heterocycles. The number of carbonyl (C=O) groups is 1. The number of halogens is 1. The van der Waals surface area contributed by atoms with E-state index in [9.17, 15) is 13.2 Å². The van der Waals surface area contributed by atoms with Gasteiger partial charge in [-0.3, -0.25) is 4.79 Å². The van der Waals surface area contributed by atoms with Crippen molar-refractivity contribution in [2.24, 2.45) is 5.92 Å². The number of carbonyl (C=O) groups excluding carboxylic acids is 1. The summed E-state index contributed by atoms with van der Waals surface area (Å²) in [5, 5.41) is 5.13. The number of nitrogens with one attached hydrogen (secondary N) is 1. The molecule has 0 aliphatic carbocycles. The van der Waals surface area contributed by atoms with Crippen molar-refractivity contribution >= 4 is 38.9 Å². The second-order valence-electron chi connectivity index (χ2n) is 6.14. The first-order chi connectivity index (χ1) is 11.6. The summed E-state index contributed by atoms with van der Waals surface area (Å²) in [5.41, 5.74) is 0.145. The van der Waals surface area contributed by atoms with Crippen LogP contribution >= 0.6 is 22.9 Å². The fourth-order valence-electron chi connectivity index (χ4n) is 2.30. The standard InChI is InChI=1S/C17H21ClN2O3S2/c1-11(2)16(15-6-5-9-24-15)19-17(21)13-10-12(7-8-14(13)18)25(22,23)20(3)4/h5-11,16H,1-4H3,(H,19,21)/t16-/m1/s1. The van der Waals surface area contributed by atoms with Crippen LogP contribution in [-0.2, 0) is 10.0 Å². The van der Waals surface area contributed by atoms with Crippen molar-refractivity contribution in [1.82, 2.24) is 9.62 Å². The molecule has 5 nitrogen and oxygen atoms in total. The summed E-state index contributed by atoms with van der Waals surface area (Å²) in [6.45, 7) is 4.03. The molecule has 2 aromatic rings. The summed E-state index contributed by atoms with van der Waals surface area (Å²) in [6, 6.07) is 7.87. The fourth-order valence-corrected chi connectivity index (χ4v) is 4.38. The highest BCUT2D eigenvalue weighted by molar-refractivity contribution is 7.89. The molecular formula is C17H21ClN2O3S2. The Balaban J connectivity index is 2.36. The van der Waals surface area contributed by atoms with E-state index in [4.69, 9.17) is 11.6 Å². The molecule has 1 atom stereocenters. The molecule has 1 N–H and O–H groups in total. The average molecular weight is 401 g/mol. The Labute approximate surface area is 157 Å². The van der Waals surface area contributed by atoms with Crippen LogP contribution in [0.5, 0.6) is 0 Å². The van der Waals surface area contributed by atoms with Gasteiger partial charge >= 0.3 is 0 Å². The van der Waals surface area contributed by atoms with E-state index < -0.39 is 15.9 Å². The molecule has 1 aromatic carbocycles. The predicted octanol–water partition coefficient (Wildman–Crippen LogP) is 3.78. The number of thiophene rings is 1. The Bertz CT molecular complexity index is 847. The third kappa shape index (κ3) is 4.41. The van der Waals surface area contributed by atoms with E-state index >= 15 is 0 Å². The first-order valence-electron chi connectivity index (χ1n) is 7.71. The fraction of sp³-hybridized carbons (Fsp3) is 0.353. The maximum absolute atomic E-state index is 12.7. The van der Waals surface area contributed by atoms with Gasteiger partial charge in [0.2, 0.25) is 10.0 Å². The van der Waals surface area contributed by atoms with E-state index in [1.165, 1.54) is 32.3 Å². The predicted molar refractivity (Wildman–Crippen MR) is 102 cm³/mol. The Morgan fingerprint density at radius 1 is 1.24 bits per heavy atom. The number of rotatable bonds is 6. The van der Waals surface area contributed by atoms with Gasteiger partial charge in [0.1, 0.15) is 0 Å². The maximum atomic E-state index is 12.7. The van der Waals surface area contributed by atoms with Crippen molar-refractivity contribution in [2.75, 3.05) is 14.1 Å². The van der Waals surface area contributed by atoms with E-state index in [0.29, 0.717) is 0 Å². The van der Waals surface area contributed by atoms with Gasteiger partial charge in [-0.05, 0) is 35.6 Å². The van der Waals surface area contributed by atoms with Crippen LogP contribution in [0.4, 0.5) is 0 Å². The van der Waals surface area contributed by atoms with Gasteiger partial charge in [0, 0.05) is 19.0 Å². The van der Waals surface area contributed by atoms with Crippen molar-refractivity contribution in [2.45, 2.75) is 24.8 Å². The third-order valence-electron chi connectivity index (χ3n) is 3.76. The van der Waals surface area contributed by atoms with Crippen LogP contribution < -0.4 is 5.32 Å². The molecule has 2 rings (SSSR count). The lowest BCUT2D eigenvalue weighted by Crippen LogP contribution is -2.31. The van der Waals surface area contributed by atoms with E-state index in [1.807, 2.05) is 31.4 Å². The summed E-state index contributed by atoms with van der Waals surface area (Å²) >= 11 is 7.70. The third-order valence-corrected chi connectivity index (χ3v) is 6.86. The van der Waals surface area contributed by atoms with Crippen LogP contribution in [0.2, 0.25) is 5.02 Å². The van der Waals surface area contributed by atoms with E-state index in [-0.39, 0.29) is 27.4 Å². The summed E-state index contributed by atoms with van der Waals surface area (Å²) in [4.78, 5) is 13.8. The van der Waals surface area contributed by atoms with Gasteiger partial charge in [0.15, 0.2) is 0 Å². The van der Waals surface area contributed by atoms with Crippen LogP contribution in [0.3, 0.4) is 0 Å². The van der Waals surface area contributed by atoms with Crippen molar-refractivity contribution in [3.05, 3.63) is 51.2 Å². The molecule has 0 saturated carbocycles. The van der Waals surface area contributed by atoms with Crippen molar-refractivity contribution in [3.63, 3.8) is 0 Å². The number of hydrogen-bond acceptors (Lipinski definition) is 4. The van der Waals surface area contributed by atoms with Crippen LogP contribution in [0.25, 0.3) is 0 Å². The van der Waals surface area contributed by atoms with Crippen LogP contribution in [0.1, 0.15) is 35.1 Å². The molecule has 0 saturated heterocycles. The molecular weight excluding hydrogens is 380 g/mol. The molecule has 0 unspecified atom stereocenters. The minimum absolute atomic E-state index is 0.0317. The highest BCUT2D eigenvalue weighted by Crippen LogP contribution is 2.28. The molecule has 1 amide bonds. The van der Waals surface area contributed by atoms with Gasteiger partial charge in [-0.15, -0.1) is 11.3 Å². The summed E-state index contributed by atoms with van der Waals surface area (Å²) in [5.74, 6) is -0.219. The number of benzene rings is 1. The van der Waals surface area contributed by atoms with E-state index in [2.05, 4.69) is 5.32 Å². The quantitative estimate of drug-likeness (QED) is 0.802. The van der Waals surface area contributed by atoms with Crippen LogP contribution in [0, 0.1) is 5.92 Å². The molecule has 0 aliphatic rings. The first kappa shape index (κ1) is 19.9. The minimum Gasteiger partial charge on any atom is -0.344 e. The summed E-state index contributed by atoms with van der Waals surface area (Å²) < 4.78 is 25.7. The highest BCUT2D eigenvalue weighted by atomic mass is 35.5. The van der Waals surface area contributed by atoms with Gasteiger partial charge in [0.05, 0.1) is 21.5 Å². The molecule has 0 radical (unpaired) electrons. The van der Waals surface area contributed by atoms with Crippen molar-refractivity contribution in [1.29, 1.82) is 0 Å². The maximum Gasteiger partial charge on any atom is 0.253 e. The van der Waals surface area contributed by atoms with Gasteiger partial charge in [-0.1, -0.05) is 31.5 Å². The van der Waals surface area contributed by atoms with Gasteiger partial charge in [-0.2, -0.15) is 0 Å². The first-order valence-corrected chi connectivity index (χ1v) is 10.4. The lowest BCUT2D eigenvalue weighted by molar-refractivity contribution is 0.0926. The number of nitrogens with zero attached hydrogens (tertiary/aromatic N) is 1. The van der Waals surface area contributed by atoms with Gasteiger partial charge < -0.3 is 5.32 Å². The van der Waals surface area contributed by atoms with E-state index in [0.717, 1.165) is 9.18 Å². The highest BCUT2D eigenvalue weighted by Gasteiger charge is 2.24. The molecule has 136 valence electrons. The molecule has 0 fully saturated rings. The van der Waals surface area contributed by atoms with Crippen LogP contribution in [-0.4, -0.2) is 32.7 Å². The number of hydrogen-bond donors (Lipinski definition) is 1. The molecule has 1 heterocycles. The Morgan fingerprint density at radius 2 is 1.92 bits per heavy atom. The van der Waals surface area contributed by atoms with E-state index in [1.54, 1.807) is 11.3 Å². The zero-order valence-electron chi connectivity index (χ0n) is 14.5. The summed E-state index contributed by atoms with van der Waals surface area (Å²) in [7, 11) is -0.761. The molecule has 0 bridgehead atoms. The van der Waals surface area contributed by atoms with Crippen molar-refractivity contribution in [3.8, 4) is 0 Å². The monoisotopic (exact) mass is 400 g/mol.